The number of hydrogen-bond donors (Lipinski definition) is 0. The standard InChI is InChI=1S/C25H25N3O3S/c1-17-23(32-16-26-17)15-28(13-19-7-5-4-6-8-19)14-22-18(2)31-24(27-22)20-9-11-21(12-10-20)25(29)30-3/h4-12,16H,13-15H2,1-3H3. The molecule has 0 atom stereocenters. The highest BCUT2D eigenvalue weighted by atomic mass is 32.1. The van der Waals surface area contributed by atoms with Crippen molar-refractivity contribution in [3.63, 3.8) is 0 Å². The minimum absolute atomic E-state index is 0.365. The molecule has 7 heteroatoms. The van der Waals surface area contributed by atoms with Crippen LogP contribution in [0.2, 0.25) is 0 Å². The quantitative estimate of drug-likeness (QED) is 0.337. The molecule has 4 aromatic rings. The Bertz CT molecular complexity index is 1180. The molecule has 0 amide bonds. The lowest BCUT2D eigenvalue weighted by molar-refractivity contribution is 0.0600. The summed E-state index contributed by atoms with van der Waals surface area (Å²) in [4.78, 5) is 24.4. The first-order valence-corrected chi connectivity index (χ1v) is 11.2. The molecule has 0 N–H and O–H groups in total. The van der Waals surface area contributed by atoms with Crippen LogP contribution >= 0.6 is 11.3 Å². The van der Waals surface area contributed by atoms with E-state index >= 15 is 0 Å². The summed E-state index contributed by atoms with van der Waals surface area (Å²) in [7, 11) is 1.37. The van der Waals surface area contributed by atoms with Gasteiger partial charge in [-0.05, 0) is 43.7 Å². The molecule has 6 nitrogen and oxygen atoms in total. The third kappa shape index (κ3) is 5.12. The number of aromatic nitrogens is 2. The minimum atomic E-state index is -0.365. The van der Waals surface area contributed by atoms with Gasteiger partial charge in [-0.15, -0.1) is 11.3 Å². The van der Waals surface area contributed by atoms with Crippen molar-refractivity contribution >= 4 is 17.3 Å². The van der Waals surface area contributed by atoms with E-state index in [1.54, 1.807) is 23.5 Å². The van der Waals surface area contributed by atoms with Crippen LogP contribution in [0.3, 0.4) is 0 Å². The van der Waals surface area contributed by atoms with E-state index in [0.29, 0.717) is 18.0 Å². The molecule has 0 aliphatic heterocycles. The van der Waals surface area contributed by atoms with Gasteiger partial charge < -0.3 is 9.15 Å². The summed E-state index contributed by atoms with van der Waals surface area (Å²) < 4.78 is 10.7. The fraction of sp³-hybridized carbons (Fsp3) is 0.240. The van der Waals surface area contributed by atoms with Gasteiger partial charge in [-0.25, -0.2) is 14.8 Å². The number of thiazole rings is 1. The maximum atomic E-state index is 11.7. The summed E-state index contributed by atoms with van der Waals surface area (Å²) in [6.07, 6.45) is 0. The highest BCUT2D eigenvalue weighted by molar-refractivity contribution is 7.09. The predicted molar refractivity (Wildman–Crippen MR) is 124 cm³/mol. The lowest BCUT2D eigenvalue weighted by atomic mass is 10.1. The SMILES string of the molecule is COC(=O)c1ccc(-c2nc(CN(Cc3ccccc3)Cc3scnc3C)c(C)o2)cc1. The van der Waals surface area contributed by atoms with Gasteiger partial charge in [0.1, 0.15) is 5.76 Å². The van der Waals surface area contributed by atoms with Gasteiger partial charge in [0, 0.05) is 30.1 Å². The van der Waals surface area contributed by atoms with Crippen molar-refractivity contribution in [3.8, 4) is 11.5 Å². The predicted octanol–water partition coefficient (Wildman–Crippen LogP) is 5.40. The largest absolute Gasteiger partial charge is 0.465 e. The van der Waals surface area contributed by atoms with Gasteiger partial charge in [0.2, 0.25) is 5.89 Å². The third-order valence-corrected chi connectivity index (χ3v) is 6.20. The van der Waals surface area contributed by atoms with E-state index in [4.69, 9.17) is 14.1 Å². The molecule has 4 rings (SSSR count). The smallest absolute Gasteiger partial charge is 0.337 e. The van der Waals surface area contributed by atoms with E-state index in [2.05, 4.69) is 34.1 Å². The topological polar surface area (TPSA) is 68.5 Å². The van der Waals surface area contributed by atoms with E-state index in [-0.39, 0.29) is 5.97 Å². The van der Waals surface area contributed by atoms with Gasteiger partial charge in [0.05, 0.1) is 29.6 Å². The Labute approximate surface area is 191 Å². The van der Waals surface area contributed by atoms with Crippen LogP contribution in [-0.4, -0.2) is 27.9 Å². The number of ether oxygens (including phenoxy) is 1. The molecule has 32 heavy (non-hydrogen) atoms. The fourth-order valence-electron chi connectivity index (χ4n) is 3.47. The Hall–Kier alpha value is -3.29. The molecule has 0 saturated heterocycles. The summed E-state index contributed by atoms with van der Waals surface area (Å²) in [5.74, 6) is 0.967. The second-order valence-corrected chi connectivity index (χ2v) is 8.52. The lowest BCUT2D eigenvalue weighted by Crippen LogP contribution is -2.23. The summed E-state index contributed by atoms with van der Waals surface area (Å²) in [5, 5.41) is 0. The summed E-state index contributed by atoms with van der Waals surface area (Å²) in [5.41, 5.74) is 6.41. The minimum Gasteiger partial charge on any atom is -0.465 e. The molecule has 0 aliphatic carbocycles. The van der Waals surface area contributed by atoms with Crippen LogP contribution in [0.5, 0.6) is 0 Å². The molecule has 2 aromatic heterocycles. The molecule has 0 aliphatic rings. The van der Waals surface area contributed by atoms with E-state index in [0.717, 1.165) is 35.8 Å². The van der Waals surface area contributed by atoms with Crippen LogP contribution < -0.4 is 0 Å². The van der Waals surface area contributed by atoms with Crippen LogP contribution in [0.15, 0.2) is 64.5 Å². The van der Waals surface area contributed by atoms with Crippen LogP contribution in [0.25, 0.3) is 11.5 Å². The van der Waals surface area contributed by atoms with Crippen LogP contribution in [0.1, 0.15) is 37.9 Å². The molecule has 2 heterocycles. The number of oxazole rings is 1. The number of nitrogens with zero attached hydrogens (tertiary/aromatic N) is 3. The molecule has 164 valence electrons. The molecular weight excluding hydrogens is 422 g/mol. The summed E-state index contributed by atoms with van der Waals surface area (Å²) in [6, 6.07) is 17.5. The van der Waals surface area contributed by atoms with Gasteiger partial charge >= 0.3 is 5.97 Å². The number of carbonyl (C=O) groups is 1. The van der Waals surface area contributed by atoms with Gasteiger partial charge in [-0.2, -0.15) is 0 Å². The molecule has 0 saturated carbocycles. The molecular formula is C25H25N3O3S. The second-order valence-electron chi connectivity index (χ2n) is 7.58. The van der Waals surface area contributed by atoms with E-state index in [1.165, 1.54) is 17.6 Å². The highest BCUT2D eigenvalue weighted by Gasteiger charge is 2.18. The molecule has 0 radical (unpaired) electrons. The Morgan fingerprint density at radius 2 is 1.78 bits per heavy atom. The van der Waals surface area contributed by atoms with E-state index in [9.17, 15) is 4.79 Å². The van der Waals surface area contributed by atoms with Crippen LogP contribution in [0.4, 0.5) is 0 Å². The number of hydrogen-bond acceptors (Lipinski definition) is 7. The third-order valence-electron chi connectivity index (χ3n) is 5.28. The zero-order chi connectivity index (χ0) is 22.5. The van der Waals surface area contributed by atoms with Gasteiger partial charge in [0.15, 0.2) is 0 Å². The van der Waals surface area contributed by atoms with Crippen molar-refractivity contribution in [1.82, 2.24) is 14.9 Å². The van der Waals surface area contributed by atoms with Crippen molar-refractivity contribution in [2.45, 2.75) is 33.5 Å². The molecule has 0 fully saturated rings. The van der Waals surface area contributed by atoms with E-state index < -0.39 is 0 Å². The highest BCUT2D eigenvalue weighted by Crippen LogP contribution is 2.25. The van der Waals surface area contributed by atoms with E-state index in [1.807, 2.05) is 37.6 Å². The van der Waals surface area contributed by atoms with Crippen molar-refractivity contribution < 1.29 is 13.9 Å². The number of esters is 1. The Balaban J connectivity index is 1.56. The molecule has 0 unspecified atom stereocenters. The Morgan fingerprint density at radius 1 is 1.03 bits per heavy atom. The zero-order valence-electron chi connectivity index (χ0n) is 18.4. The average Bonchev–Trinajstić information content (AvgIpc) is 3.39. The average molecular weight is 448 g/mol. The monoisotopic (exact) mass is 447 g/mol. The molecule has 0 bridgehead atoms. The Kier molecular flexibility index (Phi) is 6.78. The lowest BCUT2D eigenvalue weighted by Gasteiger charge is -2.21. The maximum Gasteiger partial charge on any atom is 0.337 e. The van der Waals surface area contributed by atoms with Crippen molar-refractivity contribution in [3.05, 3.63) is 93.3 Å². The zero-order valence-corrected chi connectivity index (χ0v) is 19.2. The number of carbonyl (C=O) groups excluding carboxylic acids is 1. The van der Waals surface area contributed by atoms with Gasteiger partial charge in [-0.1, -0.05) is 30.3 Å². The van der Waals surface area contributed by atoms with Crippen LogP contribution in [0, 0.1) is 13.8 Å². The number of aryl methyl sites for hydroxylation is 2. The molecule has 2 aromatic carbocycles. The first kappa shape index (κ1) is 21.9. The second kappa shape index (κ2) is 9.89. The van der Waals surface area contributed by atoms with Gasteiger partial charge in [-0.3, -0.25) is 4.90 Å². The van der Waals surface area contributed by atoms with Crippen molar-refractivity contribution in [1.29, 1.82) is 0 Å². The number of benzene rings is 2. The Morgan fingerprint density at radius 3 is 2.44 bits per heavy atom. The number of methoxy groups -OCH3 is 1. The fourth-order valence-corrected chi connectivity index (χ4v) is 4.29. The maximum absolute atomic E-state index is 11.7. The van der Waals surface area contributed by atoms with Crippen molar-refractivity contribution in [2.24, 2.45) is 0 Å². The van der Waals surface area contributed by atoms with Crippen molar-refractivity contribution in [2.75, 3.05) is 7.11 Å². The molecule has 0 spiro atoms. The normalized spacial score (nSPS) is 11.1. The van der Waals surface area contributed by atoms with Gasteiger partial charge in [0.25, 0.3) is 0 Å². The first-order valence-electron chi connectivity index (χ1n) is 10.3. The first-order chi connectivity index (χ1) is 15.5. The summed E-state index contributed by atoms with van der Waals surface area (Å²) in [6.45, 7) is 6.23. The number of rotatable bonds is 8. The summed E-state index contributed by atoms with van der Waals surface area (Å²) >= 11 is 1.68. The van der Waals surface area contributed by atoms with Crippen LogP contribution in [-0.2, 0) is 24.4 Å².